The van der Waals surface area contributed by atoms with E-state index in [4.69, 9.17) is 4.74 Å². The van der Waals surface area contributed by atoms with Crippen LogP contribution >= 0.6 is 0 Å². The number of fused-ring (bicyclic) bond motifs is 1. The number of nitrogens with zero attached hydrogens (tertiary/aromatic N) is 4. The Hall–Kier alpha value is -3.43. The normalized spacial score (nSPS) is 11.4. The lowest BCUT2D eigenvalue weighted by atomic mass is 10.2. The van der Waals surface area contributed by atoms with E-state index in [0.29, 0.717) is 5.39 Å². The van der Waals surface area contributed by atoms with Crippen molar-refractivity contribution in [1.29, 1.82) is 0 Å². The average molecular weight is 378 g/mol. The van der Waals surface area contributed by atoms with E-state index in [2.05, 4.69) is 9.97 Å². The van der Waals surface area contributed by atoms with E-state index in [1.807, 2.05) is 0 Å². The molecule has 2 aromatic carbocycles. The van der Waals surface area contributed by atoms with Crippen LogP contribution in [0, 0.1) is 10.1 Å². The first-order valence-corrected chi connectivity index (χ1v) is 7.62. The highest BCUT2D eigenvalue weighted by atomic mass is 19.4. The SMILES string of the molecule is COc1ccc(N(C)c2nc(C(F)(F)F)nc3ccccc23)cc1[N+](=O)[O-]. The monoisotopic (exact) mass is 378 g/mol. The molecule has 0 spiro atoms. The van der Waals surface area contributed by atoms with Crippen molar-refractivity contribution in [2.75, 3.05) is 19.1 Å². The van der Waals surface area contributed by atoms with Gasteiger partial charge in [-0.25, -0.2) is 9.97 Å². The molecule has 1 aromatic heterocycles. The standard InChI is InChI=1S/C17H13F3N4O3/c1-23(10-7-8-14(27-2)13(9-10)24(25)26)15-11-5-3-4-6-12(11)21-16(22-15)17(18,19)20/h3-9H,1-2H3. The topological polar surface area (TPSA) is 81.4 Å². The van der Waals surface area contributed by atoms with Crippen molar-refractivity contribution in [3.05, 3.63) is 58.4 Å². The van der Waals surface area contributed by atoms with Gasteiger partial charge >= 0.3 is 11.9 Å². The van der Waals surface area contributed by atoms with E-state index in [-0.39, 0.29) is 28.5 Å². The first-order valence-electron chi connectivity index (χ1n) is 7.62. The van der Waals surface area contributed by atoms with Gasteiger partial charge in [0.15, 0.2) is 5.75 Å². The molecule has 0 N–H and O–H groups in total. The molecule has 0 saturated heterocycles. The van der Waals surface area contributed by atoms with Gasteiger partial charge < -0.3 is 9.64 Å². The highest BCUT2D eigenvalue weighted by Gasteiger charge is 2.36. The van der Waals surface area contributed by atoms with Crippen molar-refractivity contribution < 1.29 is 22.8 Å². The summed E-state index contributed by atoms with van der Waals surface area (Å²) < 4.78 is 44.5. The van der Waals surface area contributed by atoms with E-state index in [9.17, 15) is 23.3 Å². The molecule has 0 unspecified atom stereocenters. The molecule has 0 bridgehead atoms. The van der Waals surface area contributed by atoms with Gasteiger partial charge in [-0.1, -0.05) is 12.1 Å². The lowest BCUT2D eigenvalue weighted by Gasteiger charge is -2.21. The number of hydrogen-bond acceptors (Lipinski definition) is 6. The minimum absolute atomic E-state index is 0.0209. The minimum atomic E-state index is -4.73. The molecule has 3 aromatic rings. The fourth-order valence-electron chi connectivity index (χ4n) is 2.59. The summed E-state index contributed by atoms with van der Waals surface area (Å²) in [6, 6.07) is 10.3. The Balaban J connectivity index is 2.20. The molecule has 0 fully saturated rings. The quantitative estimate of drug-likeness (QED) is 0.496. The summed E-state index contributed by atoms with van der Waals surface area (Å²) in [5, 5.41) is 11.6. The van der Waals surface area contributed by atoms with Crippen LogP contribution in [0.25, 0.3) is 10.9 Å². The highest BCUT2D eigenvalue weighted by Crippen LogP contribution is 2.36. The summed E-state index contributed by atoms with van der Waals surface area (Å²) in [5.41, 5.74) is 0.0837. The lowest BCUT2D eigenvalue weighted by molar-refractivity contribution is -0.385. The van der Waals surface area contributed by atoms with Crippen molar-refractivity contribution >= 4 is 28.1 Å². The van der Waals surface area contributed by atoms with E-state index in [1.165, 1.54) is 43.3 Å². The maximum absolute atomic E-state index is 13.2. The predicted octanol–water partition coefficient (Wildman–Crippen LogP) is 4.33. The van der Waals surface area contributed by atoms with Crippen LogP contribution in [0.15, 0.2) is 42.5 Å². The van der Waals surface area contributed by atoms with Gasteiger partial charge in [0.05, 0.1) is 17.5 Å². The lowest BCUT2D eigenvalue weighted by Crippen LogP contribution is -2.17. The van der Waals surface area contributed by atoms with Gasteiger partial charge in [0.2, 0.25) is 5.82 Å². The number of methoxy groups -OCH3 is 1. The number of hydrogen-bond donors (Lipinski definition) is 0. The van der Waals surface area contributed by atoms with E-state index in [0.717, 1.165) is 0 Å². The second-order valence-electron chi connectivity index (χ2n) is 5.56. The van der Waals surface area contributed by atoms with Gasteiger partial charge in [0, 0.05) is 24.2 Å². The third-order valence-electron chi connectivity index (χ3n) is 3.90. The van der Waals surface area contributed by atoms with E-state index in [1.54, 1.807) is 18.2 Å². The number of aromatic nitrogens is 2. The predicted molar refractivity (Wildman–Crippen MR) is 92.3 cm³/mol. The van der Waals surface area contributed by atoms with Crippen molar-refractivity contribution in [2.45, 2.75) is 6.18 Å². The summed E-state index contributed by atoms with van der Waals surface area (Å²) in [6.45, 7) is 0. The van der Waals surface area contributed by atoms with Gasteiger partial charge in [-0.2, -0.15) is 13.2 Å². The molecule has 0 radical (unpaired) electrons. The molecule has 0 saturated carbocycles. The van der Waals surface area contributed by atoms with Crippen LogP contribution in [0.1, 0.15) is 5.82 Å². The van der Waals surface area contributed by atoms with Crippen LogP contribution in [-0.2, 0) is 6.18 Å². The number of ether oxygens (including phenoxy) is 1. The zero-order valence-corrected chi connectivity index (χ0v) is 14.2. The second kappa shape index (κ2) is 6.71. The number of para-hydroxylation sites is 1. The van der Waals surface area contributed by atoms with Gasteiger partial charge in [-0.15, -0.1) is 0 Å². The average Bonchev–Trinajstić information content (AvgIpc) is 2.65. The molecule has 0 aliphatic rings. The number of nitro groups is 1. The number of nitro benzene ring substituents is 1. The van der Waals surface area contributed by atoms with Crippen molar-refractivity contribution in [2.24, 2.45) is 0 Å². The van der Waals surface area contributed by atoms with Crippen LogP contribution in [0.4, 0.5) is 30.4 Å². The van der Waals surface area contributed by atoms with Crippen LogP contribution < -0.4 is 9.64 Å². The number of rotatable bonds is 4. The van der Waals surface area contributed by atoms with E-state index < -0.39 is 16.9 Å². The van der Waals surface area contributed by atoms with Crippen molar-refractivity contribution in [3.8, 4) is 5.75 Å². The van der Waals surface area contributed by atoms with Crippen LogP contribution in [0.5, 0.6) is 5.75 Å². The van der Waals surface area contributed by atoms with Crippen molar-refractivity contribution in [1.82, 2.24) is 9.97 Å². The smallest absolute Gasteiger partial charge is 0.451 e. The summed E-state index contributed by atoms with van der Waals surface area (Å²) in [6.07, 6.45) is -4.73. The van der Waals surface area contributed by atoms with Gasteiger partial charge in [-0.05, 0) is 24.3 Å². The largest absolute Gasteiger partial charge is 0.490 e. The zero-order valence-electron chi connectivity index (χ0n) is 14.2. The Morgan fingerprint density at radius 2 is 1.85 bits per heavy atom. The molecule has 1 heterocycles. The number of alkyl halides is 3. The second-order valence-corrected chi connectivity index (χ2v) is 5.56. The Morgan fingerprint density at radius 1 is 1.15 bits per heavy atom. The Bertz CT molecular complexity index is 1020. The van der Waals surface area contributed by atoms with Gasteiger partial charge in [-0.3, -0.25) is 10.1 Å². The van der Waals surface area contributed by atoms with Crippen molar-refractivity contribution in [3.63, 3.8) is 0 Å². The summed E-state index contributed by atoms with van der Waals surface area (Å²) in [7, 11) is 2.76. The Kier molecular flexibility index (Phi) is 4.56. The molecule has 0 amide bonds. The van der Waals surface area contributed by atoms with Gasteiger partial charge in [0.1, 0.15) is 5.82 Å². The summed E-state index contributed by atoms with van der Waals surface area (Å²) >= 11 is 0. The molecule has 3 rings (SSSR count). The molecule has 0 aliphatic heterocycles. The van der Waals surface area contributed by atoms with E-state index >= 15 is 0 Å². The third kappa shape index (κ3) is 3.46. The molecular formula is C17H13F3N4O3. The van der Waals surface area contributed by atoms with Crippen LogP contribution in [0.2, 0.25) is 0 Å². The molecule has 27 heavy (non-hydrogen) atoms. The first-order chi connectivity index (χ1) is 12.7. The molecule has 0 aliphatic carbocycles. The Labute approximate surface area is 151 Å². The van der Waals surface area contributed by atoms with Crippen LogP contribution in [0.3, 0.4) is 0 Å². The fraction of sp³-hybridized carbons (Fsp3) is 0.176. The minimum Gasteiger partial charge on any atom is -0.490 e. The molecule has 140 valence electrons. The van der Waals surface area contributed by atoms with Gasteiger partial charge in [0.25, 0.3) is 0 Å². The first kappa shape index (κ1) is 18.4. The highest BCUT2D eigenvalue weighted by molar-refractivity contribution is 5.91. The number of halogens is 3. The maximum atomic E-state index is 13.2. The molecular weight excluding hydrogens is 365 g/mol. The molecule has 7 nitrogen and oxygen atoms in total. The number of anilines is 2. The molecule has 0 atom stereocenters. The summed E-state index contributed by atoms with van der Waals surface area (Å²) in [5.74, 6) is -1.26. The zero-order chi connectivity index (χ0) is 19.8. The summed E-state index contributed by atoms with van der Waals surface area (Å²) in [4.78, 5) is 19.2. The number of benzene rings is 2. The third-order valence-corrected chi connectivity index (χ3v) is 3.90. The maximum Gasteiger partial charge on any atom is 0.451 e. The Morgan fingerprint density at radius 3 is 2.48 bits per heavy atom. The fourth-order valence-corrected chi connectivity index (χ4v) is 2.59. The van der Waals surface area contributed by atoms with Crippen LogP contribution in [-0.4, -0.2) is 29.0 Å². The molecule has 10 heteroatoms.